The van der Waals surface area contributed by atoms with Crippen LogP contribution in [0.15, 0.2) is 62.1 Å². The number of benzene rings is 1. The fraction of sp³-hybridized carbons (Fsp3) is 0.250. The van der Waals surface area contributed by atoms with E-state index in [4.69, 9.17) is 0 Å². The molecule has 1 saturated heterocycles. The number of imidazole rings is 1. The molecule has 0 spiro atoms. The molecule has 6 rings (SSSR count). The molecule has 0 bridgehead atoms. The number of hydrogen-bond acceptors (Lipinski definition) is 5. The SMILES string of the molecule is C=Cc1cn(-c2cnc(N3CCC(F)(F)CC3)c(F)c2)cn1.CNc1c[nH]c2cc(F)c(-c3cnn(C)c3)cc12. The van der Waals surface area contributed by atoms with E-state index in [-0.39, 0.29) is 37.6 Å². The zero-order chi connectivity index (χ0) is 28.4. The lowest BCUT2D eigenvalue weighted by Gasteiger charge is -2.32. The van der Waals surface area contributed by atoms with Gasteiger partial charge in [-0.15, -0.1) is 0 Å². The maximum atomic E-state index is 14.3. The highest BCUT2D eigenvalue weighted by atomic mass is 19.3. The largest absolute Gasteiger partial charge is 0.386 e. The van der Waals surface area contributed by atoms with Gasteiger partial charge in [0.2, 0.25) is 0 Å². The Labute approximate surface area is 228 Å². The first kappa shape index (κ1) is 27.0. The Morgan fingerprint density at radius 3 is 2.45 bits per heavy atom. The summed E-state index contributed by atoms with van der Waals surface area (Å²) in [5.74, 6) is -3.33. The van der Waals surface area contributed by atoms with Crippen LogP contribution in [0.3, 0.4) is 0 Å². The second-order valence-corrected chi connectivity index (χ2v) is 9.48. The molecule has 1 aliphatic heterocycles. The molecule has 5 aromatic rings. The zero-order valence-corrected chi connectivity index (χ0v) is 22.0. The first-order valence-corrected chi connectivity index (χ1v) is 12.6. The van der Waals surface area contributed by atoms with Crippen molar-refractivity contribution in [1.29, 1.82) is 0 Å². The monoisotopic (exact) mass is 552 g/mol. The number of hydrogen-bond donors (Lipinski definition) is 2. The number of H-pyrrole nitrogens is 1. The van der Waals surface area contributed by atoms with Crippen molar-refractivity contribution in [3.05, 3.63) is 79.4 Å². The van der Waals surface area contributed by atoms with Gasteiger partial charge in [0.25, 0.3) is 5.92 Å². The Bertz CT molecular complexity index is 1640. The smallest absolute Gasteiger partial charge is 0.251 e. The van der Waals surface area contributed by atoms with Gasteiger partial charge < -0.3 is 19.8 Å². The van der Waals surface area contributed by atoms with Crippen LogP contribution < -0.4 is 10.2 Å². The fourth-order valence-electron chi connectivity index (χ4n) is 4.56. The third-order valence-corrected chi connectivity index (χ3v) is 6.77. The molecule has 4 aromatic heterocycles. The van der Waals surface area contributed by atoms with Gasteiger partial charge in [-0.2, -0.15) is 5.10 Å². The average molecular weight is 553 g/mol. The second kappa shape index (κ2) is 10.9. The molecular formula is C28H28F4N8. The predicted octanol–water partition coefficient (Wildman–Crippen LogP) is 6.03. The molecule has 0 unspecified atom stereocenters. The Hall–Kier alpha value is -4.61. The number of piperidine rings is 1. The van der Waals surface area contributed by atoms with Crippen molar-refractivity contribution in [1.82, 2.24) is 29.3 Å². The second-order valence-electron chi connectivity index (χ2n) is 9.48. The van der Waals surface area contributed by atoms with E-state index in [0.717, 1.165) is 22.2 Å². The minimum absolute atomic E-state index is 0.0992. The molecule has 40 heavy (non-hydrogen) atoms. The molecule has 1 fully saturated rings. The lowest BCUT2D eigenvalue weighted by atomic mass is 10.1. The molecule has 2 N–H and O–H groups in total. The van der Waals surface area contributed by atoms with Crippen LogP contribution in [0.25, 0.3) is 33.8 Å². The maximum Gasteiger partial charge on any atom is 0.251 e. The van der Waals surface area contributed by atoms with Gasteiger partial charge in [0.1, 0.15) is 5.82 Å². The standard InChI is InChI=1S/C15H15F3N4.C13H13FN4/c1-2-11-9-22(10-20-11)12-7-13(16)14(19-8-12)21-5-3-15(17,18)4-6-21;1-15-13-6-16-12-4-11(14)9(3-10(12)13)8-5-17-18(2)7-8/h2,7-10H,1,3-6H2;3-7,15-16H,1-2H3. The van der Waals surface area contributed by atoms with E-state index in [1.807, 2.05) is 26.4 Å². The van der Waals surface area contributed by atoms with Crippen LogP contribution in [0.5, 0.6) is 0 Å². The number of fused-ring (bicyclic) bond motifs is 1. The molecular weight excluding hydrogens is 524 g/mol. The molecule has 5 heterocycles. The lowest BCUT2D eigenvalue weighted by Crippen LogP contribution is -2.40. The Morgan fingerprint density at radius 2 is 1.82 bits per heavy atom. The van der Waals surface area contributed by atoms with Crippen LogP contribution in [0.2, 0.25) is 0 Å². The number of anilines is 2. The van der Waals surface area contributed by atoms with E-state index in [1.54, 1.807) is 38.8 Å². The minimum atomic E-state index is -2.66. The van der Waals surface area contributed by atoms with Gasteiger partial charge in [-0.05, 0) is 18.2 Å². The number of nitrogens with one attached hydrogen (secondary N) is 2. The quantitative estimate of drug-likeness (QED) is 0.260. The molecule has 8 nitrogen and oxygen atoms in total. The van der Waals surface area contributed by atoms with E-state index < -0.39 is 11.7 Å². The van der Waals surface area contributed by atoms with Gasteiger partial charge in [0.05, 0.1) is 41.3 Å². The topological polar surface area (TPSA) is 79.6 Å². The van der Waals surface area contributed by atoms with Gasteiger partial charge in [-0.3, -0.25) is 4.68 Å². The zero-order valence-electron chi connectivity index (χ0n) is 22.0. The van der Waals surface area contributed by atoms with Crippen LogP contribution in [0, 0.1) is 11.6 Å². The molecule has 0 aliphatic carbocycles. The summed E-state index contributed by atoms with van der Waals surface area (Å²) in [5, 5.41) is 8.12. The number of halogens is 4. The Morgan fingerprint density at radius 1 is 1.05 bits per heavy atom. The molecule has 0 saturated carbocycles. The molecule has 208 valence electrons. The van der Waals surface area contributed by atoms with Crippen molar-refractivity contribution in [2.24, 2.45) is 7.05 Å². The van der Waals surface area contributed by atoms with E-state index in [9.17, 15) is 17.6 Å². The van der Waals surface area contributed by atoms with E-state index >= 15 is 0 Å². The molecule has 1 aliphatic rings. The number of alkyl halides is 2. The summed E-state index contributed by atoms with van der Waals surface area (Å²) in [6, 6.07) is 4.67. The van der Waals surface area contributed by atoms with Crippen molar-refractivity contribution >= 4 is 28.5 Å². The maximum absolute atomic E-state index is 14.3. The lowest BCUT2D eigenvalue weighted by molar-refractivity contribution is -0.0222. The average Bonchev–Trinajstić information content (AvgIpc) is 3.68. The summed E-state index contributed by atoms with van der Waals surface area (Å²) >= 11 is 0. The Kier molecular flexibility index (Phi) is 7.33. The highest BCUT2D eigenvalue weighted by molar-refractivity contribution is 5.95. The molecule has 0 radical (unpaired) electrons. The van der Waals surface area contributed by atoms with Crippen LogP contribution in [0.4, 0.5) is 29.1 Å². The summed E-state index contributed by atoms with van der Waals surface area (Å²) in [5.41, 5.74) is 4.26. The number of aromatic amines is 1. The van der Waals surface area contributed by atoms with E-state index in [2.05, 4.69) is 31.9 Å². The summed E-state index contributed by atoms with van der Waals surface area (Å²) in [7, 11) is 3.66. The van der Waals surface area contributed by atoms with Crippen LogP contribution in [-0.2, 0) is 7.05 Å². The van der Waals surface area contributed by atoms with Crippen LogP contribution in [0.1, 0.15) is 18.5 Å². The number of aryl methyl sites for hydroxylation is 1. The van der Waals surface area contributed by atoms with E-state index in [0.29, 0.717) is 16.9 Å². The third kappa shape index (κ3) is 5.56. The Balaban J connectivity index is 0.000000164. The molecule has 0 atom stereocenters. The molecule has 0 amide bonds. The predicted molar refractivity (Wildman–Crippen MR) is 148 cm³/mol. The number of rotatable bonds is 5. The van der Waals surface area contributed by atoms with E-state index in [1.165, 1.54) is 24.7 Å². The molecule has 12 heteroatoms. The van der Waals surface area contributed by atoms with Crippen molar-refractivity contribution in [2.75, 3.05) is 30.4 Å². The normalized spacial score (nSPS) is 14.6. The number of pyridine rings is 1. The minimum Gasteiger partial charge on any atom is -0.386 e. The number of aromatic nitrogens is 6. The fourth-order valence-corrected chi connectivity index (χ4v) is 4.56. The van der Waals surface area contributed by atoms with Gasteiger partial charge in [0.15, 0.2) is 11.6 Å². The van der Waals surface area contributed by atoms with Gasteiger partial charge >= 0.3 is 0 Å². The summed E-state index contributed by atoms with van der Waals surface area (Å²) < 4.78 is 57.9. The van der Waals surface area contributed by atoms with Gasteiger partial charge in [0, 0.05) is 81.2 Å². The third-order valence-electron chi connectivity index (χ3n) is 6.77. The summed E-state index contributed by atoms with van der Waals surface area (Å²) in [6.45, 7) is 3.81. The summed E-state index contributed by atoms with van der Waals surface area (Å²) in [6.07, 6.45) is 11.1. The highest BCUT2D eigenvalue weighted by Crippen LogP contribution is 2.32. The number of nitrogens with zero attached hydrogens (tertiary/aromatic N) is 6. The van der Waals surface area contributed by atoms with Gasteiger partial charge in [-0.1, -0.05) is 6.58 Å². The molecule has 1 aromatic carbocycles. The summed E-state index contributed by atoms with van der Waals surface area (Å²) in [4.78, 5) is 12.8. The van der Waals surface area contributed by atoms with Crippen molar-refractivity contribution in [3.8, 4) is 16.8 Å². The highest BCUT2D eigenvalue weighted by Gasteiger charge is 2.35. The van der Waals surface area contributed by atoms with Crippen LogP contribution in [-0.4, -0.2) is 55.4 Å². The van der Waals surface area contributed by atoms with Crippen molar-refractivity contribution in [3.63, 3.8) is 0 Å². The first-order chi connectivity index (χ1) is 19.2. The van der Waals surface area contributed by atoms with Crippen molar-refractivity contribution in [2.45, 2.75) is 18.8 Å². The first-order valence-electron chi connectivity index (χ1n) is 12.6. The van der Waals surface area contributed by atoms with Crippen molar-refractivity contribution < 1.29 is 17.6 Å². The van der Waals surface area contributed by atoms with Gasteiger partial charge in [-0.25, -0.2) is 27.5 Å². The van der Waals surface area contributed by atoms with Crippen LogP contribution >= 0.6 is 0 Å².